The van der Waals surface area contributed by atoms with E-state index in [0.717, 1.165) is 12.8 Å². The van der Waals surface area contributed by atoms with Crippen LogP contribution >= 0.6 is 0 Å². The topological polar surface area (TPSA) is 0 Å². The minimum absolute atomic E-state index is 0. The first kappa shape index (κ1) is 115. The third-order valence-electron chi connectivity index (χ3n) is 1.96. The summed E-state index contributed by atoms with van der Waals surface area (Å²) in [6.07, 6.45) is 11.6. The maximum absolute atomic E-state index is 3.76. The second-order valence-electron chi connectivity index (χ2n) is 3.47. The van der Waals surface area contributed by atoms with Crippen molar-refractivity contribution in [2.24, 2.45) is 0 Å². The van der Waals surface area contributed by atoms with E-state index < -0.39 is 0 Å². The standard InChI is InChI=1S/C7H15.C6H13.C2H5.9CH4.CH3.2Y/c1-3-5-7-6-4-2;1-3-5-6-4-2;1-2;;;;;;;;;;;;/h1,3-7H2,2H3;1,3-6H2,2H3;1H2,2H3;9*1H4;1H3;;/q3*-1;;;;;;;;;;-1;;. The van der Waals surface area contributed by atoms with Crippen molar-refractivity contribution in [3.8, 4) is 0 Å². The Morgan fingerprint density at radius 1 is 0.444 bits per heavy atom. The number of unbranched alkanes of at least 4 members (excludes halogenated alkanes) is 7. The second-order valence-corrected chi connectivity index (χ2v) is 3.47. The van der Waals surface area contributed by atoms with Gasteiger partial charge in [-0.3, -0.25) is 0 Å². The molecule has 0 saturated carbocycles. The molecule has 0 fully saturated rings. The van der Waals surface area contributed by atoms with Gasteiger partial charge in [-0.1, -0.05) is 126 Å². The minimum Gasteiger partial charge on any atom is -0.358 e. The van der Waals surface area contributed by atoms with E-state index in [2.05, 4.69) is 34.6 Å². The molecule has 0 unspecified atom stereocenters. The van der Waals surface area contributed by atoms with E-state index in [9.17, 15) is 0 Å². The first-order chi connectivity index (χ1) is 7.33. The first-order valence-corrected chi connectivity index (χ1v) is 6.62. The van der Waals surface area contributed by atoms with E-state index in [4.69, 9.17) is 0 Å². The van der Waals surface area contributed by atoms with Gasteiger partial charge < -0.3 is 28.2 Å². The summed E-state index contributed by atoms with van der Waals surface area (Å²) in [6.45, 7) is 16.9. The molecular formula is C25H72Y2-4. The van der Waals surface area contributed by atoms with Gasteiger partial charge in [0.05, 0.1) is 0 Å². The normalized spacial score (nSPS) is 4.67. The minimum atomic E-state index is 0. The van der Waals surface area contributed by atoms with Crippen LogP contribution in [0.5, 0.6) is 0 Å². The van der Waals surface area contributed by atoms with Crippen LogP contribution in [0.25, 0.3) is 0 Å². The van der Waals surface area contributed by atoms with Crippen molar-refractivity contribution >= 4 is 0 Å². The molecule has 0 rings (SSSR count). The van der Waals surface area contributed by atoms with E-state index >= 15 is 0 Å². The fraction of sp³-hybridized carbons (Fsp3) is 0.840. The van der Waals surface area contributed by atoms with Crippen LogP contribution in [0.1, 0.15) is 145 Å². The molecule has 0 heterocycles. The Kier molecular flexibility index (Phi) is 709. The zero-order valence-corrected chi connectivity index (χ0v) is 19.3. The predicted octanol–water partition coefficient (Wildman–Crippen LogP) is 12.2. The van der Waals surface area contributed by atoms with Crippen LogP contribution in [0, 0.1) is 28.2 Å². The van der Waals surface area contributed by atoms with Crippen LogP contribution in [0.4, 0.5) is 0 Å². The fourth-order valence-electron chi connectivity index (χ4n) is 1.03. The van der Waals surface area contributed by atoms with Gasteiger partial charge in [0.25, 0.3) is 0 Å². The Bertz CT molecular complexity index is 59.3. The smallest absolute Gasteiger partial charge is 0 e. The van der Waals surface area contributed by atoms with Gasteiger partial charge in [-0.05, 0) is 0 Å². The van der Waals surface area contributed by atoms with Crippen LogP contribution in [0.3, 0.4) is 0 Å². The van der Waals surface area contributed by atoms with E-state index in [1.807, 2.05) is 0 Å². The summed E-state index contributed by atoms with van der Waals surface area (Å²) in [4.78, 5) is 0. The van der Waals surface area contributed by atoms with Gasteiger partial charge in [-0.15, -0.1) is 0 Å². The van der Waals surface area contributed by atoms with E-state index in [1.54, 1.807) is 6.92 Å². The molecule has 0 amide bonds. The van der Waals surface area contributed by atoms with E-state index in [1.165, 1.54) is 44.9 Å². The van der Waals surface area contributed by atoms with E-state index in [-0.39, 0.29) is 140 Å². The van der Waals surface area contributed by atoms with Crippen molar-refractivity contribution in [1.29, 1.82) is 0 Å². The summed E-state index contributed by atoms with van der Waals surface area (Å²) in [7, 11) is 0. The van der Waals surface area contributed by atoms with Crippen LogP contribution in [-0.4, -0.2) is 0 Å². The Labute approximate surface area is 236 Å². The Morgan fingerprint density at radius 3 is 0.778 bits per heavy atom. The summed E-state index contributed by atoms with van der Waals surface area (Å²) in [5, 5.41) is 0. The maximum Gasteiger partial charge on any atom is 0 e. The van der Waals surface area contributed by atoms with Crippen molar-refractivity contribution in [2.45, 2.75) is 145 Å². The molecule has 0 N–H and O–H groups in total. The molecule has 0 aromatic heterocycles. The maximum atomic E-state index is 3.76. The molecule has 0 nitrogen and oxygen atoms in total. The molecule has 2 radical (unpaired) electrons. The molecule has 27 heavy (non-hydrogen) atoms. The van der Waals surface area contributed by atoms with Gasteiger partial charge in [0.15, 0.2) is 0 Å². The number of hydrogen-bond acceptors (Lipinski definition) is 0. The summed E-state index contributed by atoms with van der Waals surface area (Å²) in [5.41, 5.74) is 0. The molecule has 0 aromatic rings. The molecule has 0 spiro atoms. The predicted molar refractivity (Wildman–Crippen MR) is 142 cm³/mol. The third kappa shape index (κ3) is 229. The average Bonchev–Trinajstić information content (AvgIpc) is 2.31. The van der Waals surface area contributed by atoms with Crippen molar-refractivity contribution in [1.82, 2.24) is 0 Å². The van der Waals surface area contributed by atoms with Crippen molar-refractivity contribution in [2.75, 3.05) is 0 Å². The van der Waals surface area contributed by atoms with E-state index in [0.29, 0.717) is 0 Å². The largest absolute Gasteiger partial charge is 0.358 e. The number of rotatable bonds is 7. The second kappa shape index (κ2) is 166. The summed E-state index contributed by atoms with van der Waals surface area (Å²) < 4.78 is 0. The molecule has 0 saturated heterocycles. The van der Waals surface area contributed by atoms with Gasteiger partial charge in [-0.25, -0.2) is 0 Å². The monoisotopic (exact) mass is 550 g/mol. The zero-order chi connectivity index (χ0) is 12.4. The molecule has 0 atom stereocenters. The SMILES string of the molecule is C.C.C.C.C.C.C.C.C.[CH2-]C.[CH2-]CCCCC.[CH2-]CCCCCC.[CH3-].[Y].[Y]. The third-order valence-corrected chi connectivity index (χ3v) is 1.96. The molecule has 0 aromatic carbocycles. The Balaban J connectivity index is -0.00000000534. The quantitative estimate of drug-likeness (QED) is 0.218. The van der Waals surface area contributed by atoms with Gasteiger partial charge in [0.2, 0.25) is 0 Å². The molecule has 0 aliphatic heterocycles. The average molecular weight is 551 g/mol. The van der Waals surface area contributed by atoms with Gasteiger partial charge in [-0.2, -0.15) is 19.8 Å². The Morgan fingerprint density at radius 2 is 0.630 bits per heavy atom. The van der Waals surface area contributed by atoms with Crippen molar-refractivity contribution in [3.63, 3.8) is 0 Å². The molecular weight excluding hydrogens is 478 g/mol. The molecule has 182 valence electrons. The fourth-order valence-corrected chi connectivity index (χ4v) is 1.03. The number of hydrogen-bond donors (Lipinski definition) is 0. The van der Waals surface area contributed by atoms with Gasteiger partial charge in [0, 0.05) is 65.4 Å². The molecule has 0 aliphatic carbocycles. The molecule has 0 aliphatic rings. The van der Waals surface area contributed by atoms with Crippen LogP contribution in [0.15, 0.2) is 0 Å². The van der Waals surface area contributed by atoms with Crippen LogP contribution in [-0.2, 0) is 65.4 Å². The molecule has 0 bridgehead atoms. The Hall–Kier alpha value is 2.21. The van der Waals surface area contributed by atoms with Crippen molar-refractivity contribution < 1.29 is 65.4 Å². The van der Waals surface area contributed by atoms with Gasteiger partial charge in [0.1, 0.15) is 0 Å². The summed E-state index contributed by atoms with van der Waals surface area (Å²) >= 11 is 0. The van der Waals surface area contributed by atoms with Crippen LogP contribution in [0.2, 0.25) is 0 Å². The summed E-state index contributed by atoms with van der Waals surface area (Å²) in [6, 6.07) is 0. The molecule has 2 heteroatoms. The zero-order valence-electron chi connectivity index (χ0n) is 13.6. The first-order valence-electron chi connectivity index (χ1n) is 6.62. The summed E-state index contributed by atoms with van der Waals surface area (Å²) in [5.74, 6) is 0. The van der Waals surface area contributed by atoms with Crippen molar-refractivity contribution in [3.05, 3.63) is 28.2 Å². The van der Waals surface area contributed by atoms with Gasteiger partial charge >= 0.3 is 0 Å². The van der Waals surface area contributed by atoms with Crippen LogP contribution < -0.4 is 0 Å².